The summed E-state index contributed by atoms with van der Waals surface area (Å²) in [5.41, 5.74) is 2.03. The number of fused-ring (bicyclic) bond motifs is 1. The van der Waals surface area contributed by atoms with E-state index in [0.29, 0.717) is 22.5 Å². The van der Waals surface area contributed by atoms with E-state index in [4.69, 9.17) is 11.6 Å². The Balaban J connectivity index is 1.43. The lowest BCUT2D eigenvalue weighted by atomic mass is 9.90. The number of thiophene rings is 1. The Bertz CT molecular complexity index is 1300. The summed E-state index contributed by atoms with van der Waals surface area (Å²) in [4.78, 5) is 21.0. The third-order valence-electron chi connectivity index (χ3n) is 6.75. The molecule has 0 unspecified atom stereocenters. The lowest BCUT2D eigenvalue weighted by Gasteiger charge is -2.37. The van der Waals surface area contributed by atoms with Gasteiger partial charge in [-0.2, -0.15) is 0 Å². The minimum atomic E-state index is 0.0206. The number of anilines is 2. The van der Waals surface area contributed by atoms with Crippen LogP contribution >= 0.6 is 22.9 Å². The second-order valence-corrected chi connectivity index (χ2v) is 10.4. The summed E-state index contributed by atoms with van der Waals surface area (Å²) < 4.78 is 1.04. The van der Waals surface area contributed by atoms with Crippen LogP contribution in [0.15, 0.2) is 72.9 Å². The molecular weight excluding hydrogens is 476 g/mol. The normalized spacial score (nSPS) is 17.9. The second-order valence-electron chi connectivity index (χ2n) is 9.01. The van der Waals surface area contributed by atoms with Crippen molar-refractivity contribution in [1.29, 1.82) is 0 Å². The molecule has 1 amide bonds. The molecule has 0 bridgehead atoms. The van der Waals surface area contributed by atoms with Crippen molar-refractivity contribution < 1.29 is 4.79 Å². The van der Waals surface area contributed by atoms with Gasteiger partial charge in [0, 0.05) is 40.6 Å². The van der Waals surface area contributed by atoms with Gasteiger partial charge < -0.3 is 15.5 Å². The van der Waals surface area contributed by atoms with Gasteiger partial charge in [0.25, 0.3) is 5.91 Å². The van der Waals surface area contributed by atoms with E-state index >= 15 is 0 Å². The van der Waals surface area contributed by atoms with Crippen LogP contribution in [0.4, 0.5) is 11.5 Å². The number of nitrogens with one attached hydrogen (secondary N) is 2. The maximum atomic E-state index is 14.0. The number of nitrogens with zero attached hydrogens (tertiary/aromatic N) is 2. The first-order valence-electron chi connectivity index (χ1n) is 12.0. The molecule has 1 fully saturated rings. The molecule has 7 heteroatoms. The summed E-state index contributed by atoms with van der Waals surface area (Å²) in [5, 5.41) is 8.26. The Kier molecular flexibility index (Phi) is 7.32. The van der Waals surface area contributed by atoms with Gasteiger partial charge in [-0.25, -0.2) is 4.98 Å². The van der Waals surface area contributed by atoms with Crippen LogP contribution in [0.25, 0.3) is 10.1 Å². The third kappa shape index (κ3) is 5.35. The number of hydrogen-bond acceptors (Lipinski definition) is 5. The average molecular weight is 505 g/mol. The topological polar surface area (TPSA) is 57.3 Å². The molecule has 2 heterocycles. The van der Waals surface area contributed by atoms with E-state index in [1.54, 1.807) is 6.20 Å². The molecule has 1 aliphatic carbocycles. The monoisotopic (exact) mass is 504 g/mol. The van der Waals surface area contributed by atoms with Crippen LogP contribution in [-0.2, 0) is 6.54 Å². The van der Waals surface area contributed by atoms with E-state index < -0.39 is 0 Å². The number of hydrogen-bond donors (Lipinski definition) is 2. The van der Waals surface area contributed by atoms with Crippen molar-refractivity contribution in [2.75, 3.05) is 12.4 Å². The molecule has 2 aromatic carbocycles. The molecule has 2 aromatic heterocycles. The fourth-order valence-corrected chi connectivity index (χ4v) is 6.32. The SMILES string of the molecule is CNC1CCC(N(Cc2cccc(Nc3ccccn3)c2)C(=O)c2sc3ccccc3c2Cl)CC1. The molecule has 4 aromatic rings. The first kappa shape index (κ1) is 23.8. The van der Waals surface area contributed by atoms with E-state index in [1.165, 1.54) is 11.3 Å². The summed E-state index contributed by atoms with van der Waals surface area (Å²) in [6.07, 6.45) is 5.85. The van der Waals surface area contributed by atoms with Gasteiger partial charge in [-0.3, -0.25) is 4.79 Å². The molecule has 180 valence electrons. The molecule has 0 spiro atoms. The first-order valence-corrected chi connectivity index (χ1v) is 13.2. The largest absolute Gasteiger partial charge is 0.340 e. The van der Waals surface area contributed by atoms with Gasteiger partial charge in [-0.15, -0.1) is 11.3 Å². The average Bonchev–Trinajstić information content (AvgIpc) is 3.24. The number of amides is 1. The Morgan fingerprint density at radius 1 is 1.06 bits per heavy atom. The van der Waals surface area contributed by atoms with Gasteiger partial charge in [-0.1, -0.05) is 48.0 Å². The predicted molar refractivity (Wildman–Crippen MR) is 146 cm³/mol. The molecule has 1 aliphatic rings. The maximum absolute atomic E-state index is 14.0. The molecule has 2 N–H and O–H groups in total. The summed E-state index contributed by atoms with van der Waals surface area (Å²) in [6.45, 7) is 0.538. The minimum Gasteiger partial charge on any atom is -0.340 e. The van der Waals surface area contributed by atoms with Gasteiger partial charge in [0.05, 0.1) is 5.02 Å². The summed E-state index contributed by atoms with van der Waals surface area (Å²) in [6, 6.07) is 22.7. The van der Waals surface area contributed by atoms with Crippen LogP contribution in [0.1, 0.15) is 40.9 Å². The van der Waals surface area contributed by atoms with Crippen LogP contribution < -0.4 is 10.6 Å². The van der Waals surface area contributed by atoms with E-state index in [-0.39, 0.29) is 11.9 Å². The lowest BCUT2D eigenvalue weighted by molar-refractivity contribution is 0.0606. The Hall–Kier alpha value is -2.93. The molecule has 35 heavy (non-hydrogen) atoms. The number of halogens is 1. The van der Waals surface area contributed by atoms with Crippen LogP contribution in [0, 0.1) is 0 Å². The van der Waals surface area contributed by atoms with Crippen molar-refractivity contribution in [3.8, 4) is 0 Å². The summed E-state index contributed by atoms with van der Waals surface area (Å²) in [5.74, 6) is 0.812. The van der Waals surface area contributed by atoms with Crippen LogP contribution in [0.2, 0.25) is 5.02 Å². The fourth-order valence-electron chi connectivity index (χ4n) is 4.85. The Morgan fingerprint density at radius 2 is 1.86 bits per heavy atom. The zero-order valence-corrected chi connectivity index (χ0v) is 21.3. The molecule has 0 saturated heterocycles. The number of pyridine rings is 1. The lowest BCUT2D eigenvalue weighted by Crippen LogP contribution is -2.44. The molecule has 0 aliphatic heterocycles. The molecule has 0 atom stereocenters. The van der Waals surface area contributed by atoms with Crippen molar-refractivity contribution in [3.05, 3.63) is 88.4 Å². The van der Waals surface area contributed by atoms with Crippen LogP contribution in [0.3, 0.4) is 0 Å². The van der Waals surface area contributed by atoms with Crippen molar-refractivity contribution in [3.63, 3.8) is 0 Å². The molecule has 5 rings (SSSR count). The van der Waals surface area contributed by atoms with Gasteiger partial charge >= 0.3 is 0 Å². The predicted octanol–water partition coefficient (Wildman–Crippen LogP) is 6.87. The van der Waals surface area contributed by atoms with Gasteiger partial charge in [0.1, 0.15) is 10.7 Å². The van der Waals surface area contributed by atoms with Gasteiger partial charge in [0.15, 0.2) is 0 Å². The highest BCUT2D eigenvalue weighted by atomic mass is 35.5. The molecule has 0 radical (unpaired) electrons. The molecule has 1 saturated carbocycles. The smallest absolute Gasteiger partial charge is 0.266 e. The standard InChI is InChI=1S/C28H29ClN4OS/c1-30-20-12-14-22(15-13-20)33(28(34)27-26(29)23-9-2-3-10-24(23)35-27)18-19-7-6-8-21(17-19)32-25-11-4-5-16-31-25/h2-11,16-17,20,22,30H,12-15,18H2,1H3,(H,31,32). The molecular formula is C28H29ClN4OS. The highest BCUT2D eigenvalue weighted by Gasteiger charge is 2.31. The van der Waals surface area contributed by atoms with E-state index in [9.17, 15) is 4.79 Å². The fraction of sp³-hybridized carbons (Fsp3) is 0.286. The zero-order chi connectivity index (χ0) is 24.2. The van der Waals surface area contributed by atoms with Crippen molar-refractivity contribution in [2.45, 2.75) is 44.3 Å². The Morgan fingerprint density at radius 3 is 2.60 bits per heavy atom. The Labute approximate surface area is 215 Å². The van der Waals surface area contributed by atoms with E-state index in [2.05, 4.69) is 27.8 Å². The van der Waals surface area contributed by atoms with Gasteiger partial charge in [0.2, 0.25) is 0 Å². The van der Waals surface area contributed by atoms with Crippen molar-refractivity contribution in [1.82, 2.24) is 15.2 Å². The van der Waals surface area contributed by atoms with Crippen molar-refractivity contribution in [2.24, 2.45) is 0 Å². The third-order valence-corrected chi connectivity index (χ3v) is 8.42. The van der Waals surface area contributed by atoms with E-state index in [1.807, 2.05) is 66.5 Å². The summed E-state index contributed by atoms with van der Waals surface area (Å²) in [7, 11) is 2.02. The number of carbonyl (C=O) groups is 1. The second kappa shape index (κ2) is 10.8. The van der Waals surface area contributed by atoms with Crippen molar-refractivity contribution >= 4 is 50.4 Å². The van der Waals surface area contributed by atoms with Gasteiger partial charge in [-0.05, 0) is 68.6 Å². The highest BCUT2D eigenvalue weighted by Crippen LogP contribution is 2.37. The number of carbonyl (C=O) groups excluding carboxylic acids is 1. The minimum absolute atomic E-state index is 0.0206. The number of aromatic nitrogens is 1. The highest BCUT2D eigenvalue weighted by molar-refractivity contribution is 7.21. The quantitative estimate of drug-likeness (QED) is 0.288. The first-order chi connectivity index (χ1) is 17.1. The van der Waals surface area contributed by atoms with Crippen LogP contribution in [0.5, 0.6) is 0 Å². The number of rotatable bonds is 7. The maximum Gasteiger partial charge on any atom is 0.266 e. The van der Waals surface area contributed by atoms with E-state index in [0.717, 1.165) is 52.8 Å². The van der Waals surface area contributed by atoms with Crippen LogP contribution in [-0.4, -0.2) is 34.9 Å². The zero-order valence-electron chi connectivity index (χ0n) is 19.7. The molecule has 5 nitrogen and oxygen atoms in total. The number of benzene rings is 2. The summed E-state index contributed by atoms with van der Waals surface area (Å²) >= 11 is 8.22.